The molecule has 1 aromatic carbocycles. The zero-order chi connectivity index (χ0) is 19.2. The lowest BCUT2D eigenvalue weighted by Crippen LogP contribution is -2.36. The highest BCUT2D eigenvalue weighted by molar-refractivity contribution is 7.92. The molecule has 0 aliphatic rings. The molecule has 0 saturated heterocycles. The molecule has 0 fully saturated rings. The van der Waals surface area contributed by atoms with E-state index in [2.05, 4.69) is 5.32 Å². The summed E-state index contributed by atoms with van der Waals surface area (Å²) in [5.41, 5.74) is 0.497. The van der Waals surface area contributed by atoms with Gasteiger partial charge in [0.15, 0.2) is 11.5 Å². The van der Waals surface area contributed by atoms with Crippen LogP contribution in [0, 0.1) is 0 Å². The number of amides is 1. The van der Waals surface area contributed by atoms with Crippen molar-refractivity contribution in [1.29, 1.82) is 0 Å². The van der Waals surface area contributed by atoms with E-state index in [-0.39, 0.29) is 29.7 Å². The summed E-state index contributed by atoms with van der Waals surface area (Å²) in [6.45, 7) is 5.85. The Balaban J connectivity index is 3.49. The maximum absolute atomic E-state index is 12.7. The molecule has 0 heterocycles. The van der Waals surface area contributed by atoms with Crippen molar-refractivity contribution in [3.63, 3.8) is 0 Å². The lowest BCUT2D eigenvalue weighted by atomic mass is 10.1. The lowest BCUT2D eigenvalue weighted by molar-refractivity contribution is 0.0938. The first kappa shape index (κ1) is 21.1. The zero-order valence-corrected chi connectivity index (χ0v) is 16.6. The smallest absolute Gasteiger partial charge is 0.253 e. The summed E-state index contributed by atoms with van der Waals surface area (Å²) < 4.78 is 36.0. The van der Waals surface area contributed by atoms with Crippen molar-refractivity contribution in [2.75, 3.05) is 31.3 Å². The van der Waals surface area contributed by atoms with Crippen LogP contribution >= 0.6 is 0 Å². The van der Waals surface area contributed by atoms with Crippen LogP contribution in [0.3, 0.4) is 0 Å². The van der Waals surface area contributed by atoms with Gasteiger partial charge < -0.3 is 14.8 Å². The van der Waals surface area contributed by atoms with E-state index in [4.69, 9.17) is 9.47 Å². The first-order valence-electron chi connectivity index (χ1n) is 8.24. The molecule has 7 nitrogen and oxygen atoms in total. The molecule has 0 radical (unpaired) electrons. The molecule has 0 aliphatic heterocycles. The van der Waals surface area contributed by atoms with Crippen molar-refractivity contribution < 1.29 is 22.7 Å². The number of carbonyl (C=O) groups is 1. The van der Waals surface area contributed by atoms with Gasteiger partial charge in [-0.25, -0.2) is 8.42 Å². The van der Waals surface area contributed by atoms with E-state index >= 15 is 0 Å². The normalized spacial score (nSPS) is 12.4. The molecular formula is C17H28N2O5S. The van der Waals surface area contributed by atoms with Crippen molar-refractivity contribution in [3.8, 4) is 11.5 Å². The maximum atomic E-state index is 12.7. The van der Waals surface area contributed by atoms with E-state index in [9.17, 15) is 13.2 Å². The summed E-state index contributed by atoms with van der Waals surface area (Å²) in [7, 11) is -0.625. The number of ether oxygens (including phenoxy) is 2. The molecule has 0 unspecified atom stereocenters. The molecule has 1 N–H and O–H groups in total. The Bertz CT molecular complexity index is 703. The van der Waals surface area contributed by atoms with Crippen molar-refractivity contribution in [2.45, 2.75) is 39.7 Å². The van der Waals surface area contributed by atoms with Crippen LogP contribution in [0.2, 0.25) is 0 Å². The molecule has 1 aromatic rings. The topological polar surface area (TPSA) is 84.9 Å². The Hall–Kier alpha value is -1.96. The highest BCUT2D eigenvalue weighted by Gasteiger charge is 2.25. The molecule has 8 heteroatoms. The molecular weight excluding hydrogens is 344 g/mol. The Labute approximate surface area is 150 Å². The molecule has 0 spiro atoms. The van der Waals surface area contributed by atoms with Gasteiger partial charge in [0.1, 0.15) is 0 Å². The second-order valence-electron chi connectivity index (χ2n) is 5.82. The minimum absolute atomic E-state index is 0.0215. The molecule has 1 atom stereocenters. The van der Waals surface area contributed by atoms with Gasteiger partial charge in [-0.15, -0.1) is 0 Å². The molecule has 1 rings (SSSR count). The third-order valence-electron chi connectivity index (χ3n) is 3.80. The molecule has 0 aromatic heterocycles. The van der Waals surface area contributed by atoms with E-state index < -0.39 is 10.0 Å². The average Bonchev–Trinajstić information content (AvgIpc) is 2.53. The second kappa shape index (κ2) is 8.94. The highest BCUT2D eigenvalue weighted by Crippen LogP contribution is 2.36. The summed E-state index contributed by atoms with van der Waals surface area (Å²) in [5.74, 6) is 0.376. The summed E-state index contributed by atoms with van der Waals surface area (Å²) in [4.78, 5) is 12.7. The van der Waals surface area contributed by atoms with Crippen molar-refractivity contribution in [3.05, 3.63) is 17.7 Å². The minimum Gasteiger partial charge on any atom is -0.493 e. The summed E-state index contributed by atoms with van der Waals surface area (Å²) in [6.07, 6.45) is 2.87. The highest BCUT2D eigenvalue weighted by atomic mass is 32.2. The van der Waals surface area contributed by atoms with Gasteiger partial charge in [-0.2, -0.15) is 0 Å². The maximum Gasteiger partial charge on any atom is 0.253 e. The van der Waals surface area contributed by atoms with Crippen LogP contribution in [0.25, 0.3) is 0 Å². The number of anilines is 1. The Kier molecular flexibility index (Phi) is 7.54. The largest absolute Gasteiger partial charge is 0.493 e. The fourth-order valence-electron chi connectivity index (χ4n) is 2.65. The van der Waals surface area contributed by atoms with Crippen LogP contribution < -0.4 is 19.1 Å². The Morgan fingerprint density at radius 3 is 2.20 bits per heavy atom. The van der Waals surface area contributed by atoms with Gasteiger partial charge in [0.05, 0.1) is 31.7 Å². The number of hydrogen-bond donors (Lipinski definition) is 1. The number of benzene rings is 1. The zero-order valence-electron chi connectivity index (χ0n) is 15.8. The summed E-state index contributed by atoms with van der Waals surface area (Å²) in [6, 6.07) is 3.01. The molecule has 25 heavy (non-hydrogen) atoms. The number of methoxy groups -OCH3 is 2. The number of sulfonamides is 1. The van der Waals surface area contributed by atoms with Gasteiger partial charge in [-0.1, -0.05) is 13.3 Å². The molecule has 0 bridgehead atoms. The fourth-order valence-corrected chi connectivity index (χ4v) is 3.62. The third-order valence-corrected chi connectivity index (χ3v) is 5.06. The van der Waals surface area contributed by atoms with Crippen LogP contribution in [0.5, 0.6) is 11.5 Å². The molecule has 142 valence electrons. The van der Waals surface area contributed by atoms with Crippen LogP contribution in [-0.2, 0) is 10.0 Å². The fraction of sp³-hybridized carbons (Fsp3) is 0.588. The van der Waals surface area contributed by atoms with E-state index in [1.54, 1.807) is 6.92 Å². The number of nitrogens with zero attached hydrogens (tertiary/aromatic N) is 1. The Morgan fingerprint density at radius 1 is 1.20 bits per heavy atom. The van der Waals surface area contributed by atoms with E-state index in [1.807, 2.05) is 13.8 Å². The molecule has 1 amide bonds. The molecule has 0 saturated carbocycles. The van der Waals surface area contributed by atoms with Gasteiger partial charge in [0.25, 0.3) is 5.91 Å². The first-order chi connectivity index (χ1) is 11.7. The van der Waals surface area contributed by atoms with Crippen molar-refractivity contribution in [1.82, 2.24) is 5.32 Å². The third kappa shape index (κ3) is 5.26. The Morgan fingerprint density at radius 2 is 1.76 bits per heavy atom. The van der Waals surface area contributed by atoms with Crippen LogP contribution in [0.15, 0.2) is 12.1 Å². The minimum atomic E-state index is -3.55. The van der Waals surface area contributed by atoms with Gasteiger partial charge in [0.2, 0.25) is 10.0 Å². The van der Waals surface area contributed by atoms with Crippen molar-refractivity contribution in [2.24, 2.45) is 0 Å². The molecule has 0 aliphatic carbocycles. The predicted molar refractivity (Wildman–Crippen MR) is 99.2 cm³/mol. The van der Waals surface area contributed by atoms with Crippen molar-refractivity contribution >= 4 is 21.6 Å². The number of hydrogen-bond acceptors (Lipinski definition) is 5. The number of nitrogens with one attached hydrogen (secondary N) is 1. The van der Waals surface area contributed by atoms with Gasteiger partial charge in [-0.05, 0) is 26.3 Å². The number of rotatable bonds is 9. The van der Waals surface area contributed by atoms with E-state index in [0.29, 0.717) is 11.5 Å². The average molecular weight is 372 g/mol. The van der Waals surface area contributed by atoms with Gasteiger partial charge >= 0.3 is 0 Å². The summed E-state index contributed by atoms with van der Waals surface area (Å²) >= 11 is 0. The van der Waals surface area contributed by atoms with Gasteiger partial charge in [0, 0.05) is 18.7 Å². The van der Waals surface area contributed by atoms with Crippen LogP contribution in [-0.4, -0.2) is 47.4 Å². The van der Waals surface area contributed by atoms with E-state index in [1.165, 1.54) is 30.7 Å². The van der Waals surface area contributed by atoms with Crippen LogP contribution in [0.1, 0.15) is 44.0 Å². The SMILES string of the molecule is CCC[C@@H](C)NC(=O)c1cc(OC)c(OC)cc1N(CC)S(C)(=O)=O. The monoisotopic (exact) mass is 372 g/mol. The lowest BCUT2D eigenvalue weighted by Gasteiger charge is -2.25. The second-order valence-corrected chi connectivity index (χ2v) is 7.72. The first-order valence-corrected chi connectivity index (χ1v) is 10.1. The van der Waals surface area contributed by atoms with E-state index in [0.717, 1.165) is 19.1 Å². The van der Waals surface area contributed by atoms with Gasteiger partial charge in [-0.3, -0.25) is 9.10 Å². The summed E-state index contributed by atoms with van der Waals surface area (Å²) in [5, 5.41) is 2.90. The number of carbonyl (C=O) groups excluding carboxylic acids is 1. The standard InChI is InChI=1S/C17H28N2O5S/c1-7-9-12(3)18-17(20)13-10-15(23-4)16(24-5)11-14(13)19(8-2)25(6,21)22/h10-12H,7-9H2,1-6H3,(H,18,20)/t12-/m1/s1. The van der Waals surface area contributed by atoms with Crippen LogP contribution in [0.4, 0.5) is 5.69 Å². The quantitative estimate of drug-likeness (QED) is 0.719. The predicted octanol–water partition coefficient (Wildman–Crippen LogP) is 2.41.